The van der Waals surface area contributed by atoms with Crippen LogP contribution in [-0.4, -0.2) is 23.8 Å². The highest BCUT2D eigenvalue weighted by Gasteiger charge is 1.98. The maximum atomic E-state index is 4.15. The van der Waals surface area contributed by atoms with E-state index < -0.39 is 0 Å². The molecule has 4 heteroatoms. The smallest absolute Gasteiger partial charge is 0.158 e. The Morgan fingerprint density at radius 3 is 2.75 bits per heavy atom. The average Bonchev–Trinajstić information content (AvgIpc) is 2.62. The summed E-state index contributed by atoms with van der Waals surface area (Å²) in [5.41, 5.74) is 2.32. The van der Waals surface area contributed by atoms with Gasteiger partial charge in [-0.25, -0.2) is 0 Å². The van der Waals surface area contributed by atoms with Gasteiger partial charge in [-0.05, 0) is 17.3 Å². The Hall–Kier alpha value is -1.61. The molecule has 0 unspecified atom stereocenters. The number of fused-ring (bicyclic) bond motifs is 1. The molecule has 0 aliphatic heterocycles. The second-order valence-corrected chi connectivity index (χ2v) is 3.57. The number of halogens is 1. The van der Waals surface area contributed by atoms with Crippen molar-refractivity contribution in [3.8, 4) is 0 Å². The van der Waals surface area contributed by atoms with Gasteiger partial charge in [0.1, 0.15) is 0 Å². The van der Waals surface area contributed by atoms with E-state index in [-0.39, 0.29) is 12.4 Å². The second-order valence-electron chi connectivity index (χ2n) is 3.57. The number of azo groups is 2. The van der Waals surface area contributed by atoms with E-state index in [4.69, 9.17) is 0 Å². The van der Waals surface area contributed by atoms with Gasteiger partial charge in [-0.3, -0.25) is 0 Å². The number of para-hydroxylation sites is 1. The van der Waals surface area contributed by atoms with Gasteiger partial charge in [-0.2, -0.15) is 0 Å². The van der Waals surface area contributed by atoms with Gasteiger partial charge >= 0.3 is 0 Å². The Morgan fingerprint density at radius 1 is 1.25 bits per heavy atom. The average molecular weight is 236 g/mol. The van der Waals surface area contributed by atoms with Crippen LogP contribution in [0.25, 0.3) is 17.0 Å². The molecule has 1 heterocycles. The highest BCUT2D eigenvalue weighted by Crippen LogP contribution is 2.18. The first-order valence-electron chi connectivity index (χ1n) is 4.88. The van der Waals surface area contributed by atoms with Crippen molar-refractivity contribution in [3.63, 3.8) is 0 Å². The molecule has 0 aliphatic carbocycles. The van der Waals surface area contributed by atoms with Crippen LogP contribution in [-0.2, 0) is 0 Å². The van der Waals surface area contributed by atoms with Gasteiger partial charge < -0.3 is 17.4 Å². The number of nitrogens with one attached hydrogen (secondary N) is 1. The molecule has 0 amide bonds. The maximum Gasteiger partial charge on any atom is 0.158 e. The summed E-state index contributed by atoms with van der Waals surface area (Å²) in [6.07, 6.45) is 5.79. The zero-order valence-corrected chi connectivity index (χ0v) is 10.1. The van der Waals surface area contributed by atoms with Crippen molar-refractivity contribution in [3.05, 3.63) is 42.2 Å². The summed E-state index contributed by atoms with van der Waals surface area (Å²) in [5, 5.41) is 5.37. The zero-order valence-electron chi connectivity index (χ0n) is 9.31. The summed E-state index contributed by atoms with van der Waals surface area (Å²) in [5.74, 6) is 0. The molecule has 0 spiro atoms. The number of aromatic nitrogens is 1. The third kappa shape index (κ3) is 2.70. The van der Waals surface area contributed by atoms with Crippen LogP contribution < -0.4 is 12.4 Å². The molecule has 84 valence electrons. The van der Waals surface area contributed by atoms with E-state index in [0.717, 1.165) is 11.1 Å². The van der Waals surface area contributed by atoms with Crippen LogP contribution in [0.2, 0.25) is 0 Å². The van der Waals surface area contributed by atoms with E-state index >= 15 is 0 Å². The lowest BCUT2D eigenvalue weighted by atomic mass is 10.2. The standard InChI is InChI=1S/C12H13N3.ClH/c1-15(2)14-8-7-10-9-13-12-6-4-3-5-11(10)12;/h3-9H,1-2H3;1H. The lowest BCUT2D eigenvalue weighted by Gasteiger charge is -1.88. The third-order valence-corrected chi connectivity index (χ3v) is 2.17. The zero-order chi connectivity index (χ0) is 10.7. The molecule has 1 aromatic carbocycles. The van der Waals surface area contributed by atoms with Crippen LogP contribution >= 0.6 is 0 Å². The van der Waals surface area contributed by atoms with Crippen LogP contribution in [0.5, 0.6) is 0 Å². The van der Waals surface area contributed by atoms with Gasteiger partial charge in [0.05, 0.1) is 6.20 Å². The highest BCUT2D eigenvalue weighted by molar-refractivity contribution is 5.88. The molecule has 3 nitrogen and oxygen atoms in total. The van der Waals surface area contributed by atoms with Crippen molar-refractivity contribution in [1.29, 1.82) is 0 Å². The molecule has 0 atom stereocenters. The van der Waals surface area contributed by atoms with Crippen molar-refractivity contribution >= 4 is 17.0 Å². The molecule has 0 saturated heterocycles. The first-order chi connectivity index (χ1) is 7.27. The minimum Gasteiger partial charge on any atom is -1.00 e. The molecule has 2 aromatic rings. The molecule has 0 saturated carbocycles. The fraction of sp³-hybridized carbons (Fsp3) is 0.167. The van der Waals surface area contributed by atoms with Gasteiger partial charge in [0, 0.05) is 22.7 Å². The Bertz CT molecular complexity index is 522. The predicted octanol–water partition coefficient (Wildman–Crippen LogP) is -0.133. The molecule has 0 radical (unpaired) electrons. The van der Waals surface area contributed by atoms with Crippen LogP contribution in [0.1, 0.15) is 5.56 Å². The monoisotopic (exact) mass is 235 g/mol. The number of benzene rings is 1. The number of hydrogen-bond acceptors (Lipinski definition) is 1. The second kappa shape index (κ2) is 5.47. The van der Waals surface area contributed by atoms with Crippen molar-refractivity contribution in [2.75, 3.05) is 14.1 Å². The summed E-state index contributed by atoms with van der Waals surface area (Å²) in [4.78, 5) is 3.22. The normalized spacial score (nSPS) is 10.4. The number of H-pyrrole nitrogens is 1. The Balaban J connectivity index is 0.00000128. The summed E-state index contributed by atoms with van der Waals surface area (Å²) < 4.78 is 1.77. The van der Waals surface area contributed by atoms with Gasteiger partial charge in [-0.15, -0.1) is 4.70 Å². The molecule has 0 fully saturated rings. The van der Waals surface area contributed by atoms with Crippen molar-refractivity contribution in [1.82, 2.24) is 4.98 Å². The van der Waals surface area contributed by atoms with Crippen LogP contribution in [0.3, 0.4) is 0 Å². The van der Waals surface area contributed by atoms with E-state index in [9.17, 15) is 0 Å². The van der Waals surface area contributed by atoms with Crippen LogP contribution in [0.4, 0.5) is 0 Å². The lowest BCUT2D eigenvalue weighted by Crippen LogP contribution is -3.00. The van der Waals surface area contributed by atoms with E-state index in [1.54, 1.807) is 10.9 Å². The lowest BCUT2D eigenvalue weighted by molar-refractivity contribution is -0.533. The van der Waals surface area contributed by atoms with E-state index in [0.29, 0.717) is 0 Å². The Morgan fingerprint density at radius 2 is 2.00 bits per heavy atom. The number of nitrogens with zero attached hydrogens (tertiary/aromatic N) is 2. The minimum absolute atomic E-state index is 0. The van der Waals surface area contributed by atoms with Gasteiger partial charge in [0.2, 0.25) is 0 Å². The predicted molar refractivity (Wildman–Crippen MR) is 61.9 cm³/mol. The fourth-order valence-corrected chi connectivity index (χ4v) is 1.48. The maximum absolute atomic E-state index is 4.15. The van der Waals surface area contributed by atoms with E-state index in [1.807, 2.05) is 38.5 Å². The molecule has 16 heavy (non-hydrogen) atoms. The number of hydrogen-bond donors (Lipinski definition) is 1. The topological polar surface area (TPSA) is 31.2 Å². The van der Waals surface area contributed by atoms with Crippen molar-refractivity contribution in [2.24, 2.45) is 5.11 Å². The van der Waals surface area contributed by atoms with Gasteiger partial charge in [0.25, 0.3) is 0 Å². The fourth-order valence-electron chi connectivity index (χ4n) is 1.48. The number of aromatic amines is 1. The van der Waals surface area contributed by atoms with E-state index in [2.05, 4.69) is 22.2 Å². The Kier molecular flexibility index (Phi) is 4.26. The summed E-state index contributed by atoms with van der Waals surface area (Å²) in [6, 6.07) is 8.23. The van der Waals surface area contributed by atoms with E-state index in [1.165, 1.54) is 5.39 Å². The summed E-state index contributed by atoms with van der Waals surface area (Å²) in [6.45, 7) is 0. The summed E-state index contributed by atoms with van der Waals surface area (Å²) in [7, 11) is 3.80. The number of rotatable bonds is 2. The molecule has 0 bridgehead atoms. The molecular weight excluding hydrogens is 222 g/mol. The molecule has 1 N–H and O–H groups in total. The first-order valence-corrected chi connectivity index (χ1v) is 4.88. The quantitative estimate of drug-likeness (QED) is 0.556. The molecule has 2 rings (SSSR count). The highest BCUT2D eigenvalue weighted by atomic mass is 35.5. The van der Waals surface area contributed by atoms with Crippen LogP contribution in [0, 0.1) is 0 Å². The molecular formula is C12H14ClN3. The van der Waals surface area contributed by atoms with Crippen molar-refractivity contribution in [2.45, 2.75) is 0 Å². The molecule has 0 aliphatic rings. The molecule has 1 aromatic heterocycles. The van der Waals surface area contributed by atoms with Crippen molar-refractivity contribution < 1.29 is 17.1 Å². The van der Waals surface area contributed by atoms with Gasteiger partial charge in [-0.1, -0.05) is 18.2 Å². The van der Waals surface area contributed by atoms with Crippen LogP contribution in [0.15, 0.2) is 41.8 Å². The SMILES string of the molecule is C[N+](C)=N/C=C/c1c[nH]c2ccccc12.[Cl-]. The van der Waals surface area contributed by atoms with Gasteiger partial charge in [0.15, 0.2) is 14.1 Å². The Labute approximate surface area is 101 Å². The first kappa shape index (κ1) is 12.5. The third-order valence-electron chi connectivity index (χ3n) is 2.17. The minimum atomic E-state index is 0. The summed E-state index contributed by atoms with van der Waals surface area (Å²) >= 11 is 0. The largest absolute Gasteiger partial charge is 1.00 e.